The van der Waals surface area contributed by atoms with E-state index in [1.165, 1.54) is 11.1 Å². The van der Waals surface area contributed by atoms with Crippen LogP contribution in [0.15, 0.2) is 12.1 Å². The van der Waals surface area contributed by atoms with Gasteiger partial charge in [0.15, 0.2) is 11.5 Å². The van der Waals surface area contributed by atoms with Gasteiger partial charge in [-0.2, -0.15) is 0 Å². The van der Waals surface area contributed by atoms with Crippen LogP contribution in [-0.4, -0.2) is 23.9 Å². The van der Waals surface area contributed by atoms with Gasteiger partial charge >= 0.3 is 0 Å². The van der Waals surface area contributed by atoms with Crippen molar-refractivity contribution in [1.29, 1.82) is 0 Å². The molecule has 3 rings (SSSR count). The van der Waals surface area contributed by atoms with Crippen LogP contribution in [-0.2, 0) is 12.8 Å². The maximum Gasteiger partial charge on any atom is 0.164 e. The quantitative estimate of drug-likeness (QED) is 0.870. The van der Waals surface area contributed by atoms with Gasteiger partial charge in [0.2, 0.25) is 0 Å². The SMILES string of the molecule is CCc1c(CC2(O)CC2)ccc2c1OCCO2. The van der Waals surface area contributed by atoms with Gasteiger partial charge in [-0.25, -0.2) is 0 Å². The summed E-state index contributed by atoms with van der Waals surface area (Å²) in [6, 6.07) is 4.04. The number of hydrogen-bond donors (Lipinski definition) is 1. The van der Waals surface area contributed by atoms with Crippen molar-refractivity contribution in [2.45, 2.75) is 38.2 Å². The van der Waals surface area contributed by atoms with Gasteiger partial charge in [0.25, 0.3) is 0 Å². The van der Waals surface area contributed by atoms with E-state index in [1.54, 1.807) is 0 Å². The Morgan fingerprint density at radius 2 is 2.00 bits per heavy atom. The minimum absolute atomic E-state index is 0.451. The molecule has 0 atom stereocenters. The van der Waals surface area contributed by atoms with Crippen LogP contribution < -0.4 is 9.47 Å². The molecule has 3 nitrogen and oxygen atoms in total. The summed E-state index contributed by atoms with van der Waals surface area (Å²) in [6.07, 6.45) is 3.50. The van der Waals surface area contributed by atoms with Crippen molar-refractivity contribution in [3.63, 3.8) is 0 Å². The van der Waals surface area contributed by atoms with Crippen LogP contribution >= 0.6 is 0 Å². The van der Waals surface area contributed by atoms with E-state index in [0.717, 1.165) is 37.2 Å². The Morgan fingerprint density at radius 3 is 2.71 bits per heavy atom. The van der Waals surface area contributed by atoms with Crippen LogP contribution in [0.4, 0.5) is 0 Å². The van der Waals surface area contributed by atoms with Gasteiger partial charge in [0.1, 0.15) is 13.2 Å². The lowest BCUT2D eigenvalue weighted by atomic mass is 9.97. The lowest BCUT2D eigenvalue weighted by molar-refractivity contribution is 0.149. The molecule has 0 unspecified atom stereocenters. The number of rotatable bonds is 3. The van der Waals surface area contributed by atoms with Crippen molar-refractivity contribution >= 4 is 0 Å². The zero-order valence-electron chi connectivity index (χ0n) is 10.2. The number of ether oxygens (including phenoxy) is 2. The normalized spacial score (nSPS) is 20.1. The zero-order chi connectivity index (χ0) is 11.9. The highest BCUT2D eigenvalue weighted by Crippen LogP contribution is 2.42. The third-order valence-electron chi connectivity index (χ3n) is 3.61. The van der Waals surface area contributed by atoms with Crippen molar-refractivity contribution in [2.75, 3.05) is 13.2 Å². The van der Waals surface area contributed by atoms with Gasteiger partial charge in [-0.15, -0.1) is 0 Å². The summed E-state index contributed by atoms with van der Waals surface area (Å²) in [5.41, 5.74) is 1.95. The highest BCUT2D eigenvalue weighted by Gasteiger charge is 2.40. The molecule has 1 aromatic rings. The monoisotopic (exact) mass is 234 g/mol. The van der Waals surface area contributed by atoms with E-state index in [2.05, 4.69) is 13.0 Å². The third kappa shape index (κ3) is 2.00. The fourth-order valence-electron chi connectivity index (χ4n) is 2.44. The predicted octanol–water partition coefficient (Wildman–Crippen LogP) is 2.09. The molecule has 17 heavy (non-hydrogen) atoms. The van der Waals surface area contributed by atoms with E-state index in [4.69, 9.17) is 9.47 Å². The molecule has 3 heteroatoms. The second-order valence-corrected chi connectivity index (χ2v) is 4.98. The topological polar surface area (TPSA) is 38.7 Å². The number of fused-ring (bicyclic) bond motifs is 1. The molecule has 1 aromatic carbocycles. The van der Waals surface area contributed by atoms with Gasteiger partial charge in [-0.1, -0.05) is 13.0 Å². The van der Waals surface area contributed by atoms with Gasteiger partial charge < -0.3 is 14.6 Å². The van der Waals surface area contributed by atoms with E-state index in [0.29, 0.717) is 13.2 Å². The number of hydrogen-bond acceptors (Lipinski definition) is 3. The van der Waals surface area contributed by atoms with Crippen molar-refractivity contribution < 1.29 is 14.6 Å². The molecule has 1 saturated carbocycles. The average Bonchev–Trinajstić information content (AvgIpc) is 3.07. The Hall–Kier alpha value is -1.22. The summed E-state index contributed by atoms with van der Waals surface area (Å²) in [5, 5.41) is 10.0. The molecular weight excluding hydrogens is 216 g/mol. The lowest BCUT2D eigenvalue weighted by Crippen LogP contribution is -2.18. The highest BCUT2D eigenvalue weighted by atomic mass is 16.6. The molecule has 0 saturated heterocycles. The van der Waals surface area contributed by atoms with Crippen LogP contribution in [0.3, 0.4) is 0 Å². The summed E-state index contributed by atoms with van der Waals surface area (Å²) in [7, 11) is 0. The molecule has 1 heterocycles. The molecule has 1 aliphatic carbocycles. The second kappa shape index (κ2) is 3.91. The Balaban J connectivity index is 1.97. The van der Waals surface area contributed by atoms with Crippen molar-refractivity contribution in [2.24, 2.45) is 0 Å². The van der Waals surface area contributed by atoms with Crippen LogP contribution in [0.2, 0.25) is 0 Å². The van der Waals surface area contributed by atoms with Crippen LogP contribution in [0, 0.1) is 0 Å². The Bertz CT molecular complexity index is 435. The smallest absolute Gasteiger partial charge is 0.164 e. The Labute approximate surface area is 101 Å². The molecular formula is C14H18O3. The highest BCUT2D eigenvalue weighted by molar-refractivity contribution is 5.52. The van der Waals surface area contributed by atoms with Crippen LogP contribution in [0.5, 0.6) is 11.5 Å². The number of aliphatic hydroxyl groups is 1. The summed E-state index contributed by atoms with van der Waals surface area (Å²) >= 11 is 0. The van der Waals surface area contributed by atoms with E-state index >= 15 is 0 Å². The molecule has 0 aromatic heterocycles. The fourth-order valence-corrected chi connectivity index (χ4v) is 2.44. The predicted molar refractivity (Wildman–Crippen MR) is 64.7 cm³/mol. The molecule has 1 N–H and O–H groups in total. The molecule has 1 aliphatic heterocycles. The van der Waals surface area contributed by atoms with Gasteiger partial charge in [-0.3, -0.25) is 0 Å². The Kier molecular flexibility index (Phi) is 2.51. The van der Waals surface area contributed by atoms with Gasteiger partial charge in [0.05, 0.1) is 5.60 Å². The molecule has 1 fully saturated rings. The van der Waals surface area contributed by atoms with E-state index < -0.39 is 5.60 Å². The van der Waals surface area contributed by atoms with Gasteiger partial charge in [0, 0.05) is 12.0 Å². The van der Waals surface area contributed by atoms with Crippen molar-refractivity contribution in [3.8, 4) is 11.5 Å². The van der Waals surface area contributed by atoms with Crippen molar-refractivity contribution in [3.05, 3.63) is 23.3 Å². The van der Waals surface area contributed by atoms with E-state index in [1.807, 2.05) is 6.07 Å². The van der Waals surface area contributed by atoms with Crippen LogP contribution in [0.25, 0.3) is 0 Å². The fraction of sp³-hybridized carbons (Fsp3) is 0.571. The molecule has 0 spiro atoms. The minimum Gasteiger partial charge on any atom is -0.486 e. The van der Waals surface area contributed by atoms with Gasteiger partial charge in [-0.05, 0) is 30.9 Å². The summed E-state index contributed by atoms with van der Waals surface area (Å²) in [4.78, 5) is 0. The maximum atomic E-state index is 10.0. The summed E-state index contributed by atoms with van der Waals surface area (Å²) in [5.74, 6) is 1.74. The zero-order valence-corrected chi connectivity index (χ0v) is 10.2. The van der Waals surface area contributed by atoms with Crippen LogP contribution in [0.1, 0.15) is 30.9 Å². The molecule has 2 aliphatic rings. The molecule has 0 radical (unpaired) electrons. The number of benzene rings is 1. The third-order valence-corrected chi connectivity index (χ3v) is 3.61. The lowest BCUT2D eigenvalue weighted by Gasteiger charge is -2.23. The first kappa shape index (κ1) is 10.9. The largest absolute Gasteiger partial charge is 0.486 e. The van der Waals surface area contributed by atoms with E-state index in [-0.39, 0.29) is 0 Å². The summed E-state index contributed by atoms with van der Waals surface area (Å²) in [6.45, 7) is 3.36. The molecule has 92 valence electrons. The first-order valence-electron chi connectivity index (χ1n) is 6.34. The Morgan fingerprint density at radius 1 is 1.24 bits per heavy atom. The first-order valence-corrected chi connectivity index (χ1v) is 6.34. The summed E-state index contributed by atoms with van der Waals surface area (Å²) < 4.78 is 11.3. The molecule has 0 amide bonds. The second-order valence-electron chi connectivity index (χ2n) is 4.98. The van der Waals surface area contributed by atoms with E-state index in [9.17, 15) is 5.11 Å². The average molecular weight is 234 g/mol. The maximum absolute atomic E-state index is 10.0. The van der Waals surface area contributed by atoms with Crippen molar-refractivity contribution in [1.82, 2.24) is 0 Å². The first-order chi connectivity index (χ1) is 8.22. The standard InChI is InChI=1S/C14H18O3/c1-2-11-10(9-14(15)5-6-14)3-4-12-13(11)17-8-7-16-12/h3-4,15H,2,5-9H2,1H3. The minimum atomic E-state index is -0.451. The molecule has 0 bridgehead atoms.